The number of nitro benzene ring substituents is 1. The van der Waals surface area contributed by atoms with Gasteiger partial charge in [-0.3, -0.25) is 10.1 Å². The number of hydrogen-bond donors (Lipinski definition) is 0. The first-order valence-electron chi connectivity index (χ1n) is 9.82. The first-order chi connectivity index (χ1) is 16.5. The molecule has 4 aromatic rings. The molecule has 0 aliphatic heterocycles. The fraction of sp³-hybridized carbons (Fsp3) is 0.0417. The van der Waals surface area contributed by atoms with Crippen LogP contribution in [-0.4, -0.2) is 23.4 Å². The summed E-state index contributed by atoms with van der Waals surface area (Å²) in [7, 11) is -6.09. The Hall–Kier alpha value is -4.09. The molecule has 180 valence electrons. The van der Waals surface area contributed by atoms with E-state index in [4.69, 9.17) is 17.4 Å². The van der Waals surface area contributed by atoms with Crippen molar-refractivity contribution < 1.29 is 35.5 Å². The Morgan fingerprint density at radius 3 is 1.49 bits per heavy atom. The number of rotatable bonds is 4. The SMILES string of the molecule is O=S(=O)([O-])C(F)(F)F.O=[N+]([O-])c1ccc(-c2cc(-c3ccccc3)cc(-c3ccccc3)[o+]2)cc1. The van der Waals surface area contributed by atoms with Crippen molar-refractivity contribution in [1.29, 1.82) is 0 Å². The third-order valence-corrected chi connectivity index (χ3v) is 5.17. The summed E-state index contributed by atoms with van der Waals surface area (Å²) in [5.74, 6) is 1.40. The average molecular weight is 503 g/mol. The molecule has 0 fully saturated rings. The van der Waals surface area contributed by atoms with Crippen LogP contribution in [0, 0.1) is 10.1 Å². The lowest BCUT2D eigenvalue weighted by molar-refractivity contribution is -0.384. The first kappa shape index (κ1) is 25.5. The van der Waals surface area contributed by atoms with E-state index < -0.39 is 20.5 Å². The van der Waals surface area contributed by atoms with Crippen molar-refractivity contribution >= 4 is 15.8 Å². The monoisotopic (exact) mass is 503 g/mol. The normalized spacial score (nSPS) is 11.3. The highest BCUT2D eigenvalue weighted by Gasteiger charge is 2.36. The van der Waals surface area contributed by atoms with Crippen molar-refractivity contribution in [3.05, 3.63) is 107 Å². The topological polar surface area (TPSA) is 112 Å². The summed E-state index contributed by atoms with van der Waals surface area (Å²) in [5.41, 5.74) is -1.73. The highest BCUT2D eigenvalue weighted by molar-refractivity contribution is 7.86. The smallest absolute Gasteiger partial charge is 0.485 e. The van der Waals surface area contributed by atoms with E-state index in [2.05, 4.69) is 0 Å². The Balaban J connectivity index is 0.000000371. The lowest BCUT2D eigenvalue weighted by atomic mass is 10.0. The van der Waals surface area contributed by atoms with Crippen LogP contribution in [0.3, 0.4) is 0 Å². The van der Waals surface area contributed by atoms with E-state index >= 15 is 0 Å². The molecule has 0 saturated carbocycles. The van der Waals surface area contributed by atoms with E-state index in [9.17, 15) is 23.3 Å². The lowest BCUT2D eigenvalue weighted by Gasteiger charge is -2.08. The van der Waals surface area contributed by atoms with Gasteiger partial charge in [0.05, 0.1) is 28.2 Å². The van der Waals surface area contributed by atoms with Gasteiger partial charge in [-0.15, -0.1) is 0 Å². The Labute approximate surface area is 198 Å². The van der Waals surface area contributed by atoms with Crippen molar-refractivity contribution in [2.24, 2.45) is 0 Å². The van der Waals surface area contributed by atoms with Gasteiger partial charge in [0.15, 0.2) is 10.1 Å². The molecule has 1 aromatic heterocycles. The Kier molecular flexibility index (Phi) is 7.62. The Morgan fingerprint density at radius 1 is 0.686 bits per heavy atom. The molecule has 3 aromatic carbocycles. The van der Waals surface area contributed by atoms with Crippen LogP contribution >= 0.6 is 0 Å². The number of hydrogen-bond acceptors (Lipinski definition) is 5. The summed E-state index contributed by atoms with van der Waals surface area (Å²) in [6, 6.07) is 30.3. The lowest BCUT2D eigenvalue weighted by Crippen LogP contribution is -2.21. The number of halogens is 3. The first-order valence-corrected chi connectivity index (χ1v) is 11.2. The standard InChI is InChI=1S/C23H16NO3.CHF3O3S/c25-24(26)21-13-11-19(12-14-21)23-16-20(17-7-3-1-4-8-17)15-22(27-23)18-9-5-2-6-10-18;2-1(3,4)8(5,6)7/h1-16H;(H,5,6,7)/q+1;/p-1. The second kappa shape index (κ2) is 10.5. The molecule has 0 unspecified atom stereocenters. The molecule has 35 heavy (non-hydrogen) atoms. The van der Waals surface area contributed by atoms with Crippen molar-refractivity contribution in [2.75, 3.05) is 0 Å². The van der Waals surface area contributed by atoms with Crippen LogP contribution in [0.5, 0.6) is 0 Å². The van der Waals surface area contributed by atoms with Gasteiger partial charge in [-0.2, -0.15) is 13.2 Å². The fourth-order valence-corrected chi connectivity index (χ4v) is 2.93. The minimum Gasteiger partial charge on any atom is -0.741 e. The van der Waals surface area contributed by atoms with Crippen LogP contribution in [0.2, 0.25) is 0 Å². The van der Waals surface area contributed by atoms with Gasteiger partial charge in [0.1, 0.15) is 0 Å². The third kappa shape index (κ3) is 6.71. The van der Waals surface area contributed by atoms with Gasteiger partial charge in [-0.25, -0.2) is 12.8 Å². The predicted octanol–water partition coefficient (Wildman–Crippen LogP) is 6.52. The largest absolute Gasteiger partial charge is 0.741 e. The maximum absolute atomic E-state index is 10.9. The quantitative estimate of drug-likeness (QED) is 0.103. The van der Waals surface area contributed by atoms with E-state index in [0.717, 1.165) is 28.0 Å². The van der Waals surface area contributed by atoms with Crippen LogP contribution < -0.4 is 0 Å². The van der Waals surface area contributed by atoms with E-state index in [-0.39, 0.29) is 5.69 Å². The Morgan fingerprint density at radius 2 is 1.09 bits per heavy atom. The molecule has 11 heteroatoms. The Bertz CT molecular complexity index is 1350. The van der Waals surface area contributed by atoms with Crippen LogP contribution in [0.15, 0.2) is 101 Å². The van der Waals surface area contributed by atoms with Crippen molar-refractivity contribution in [3.8, 4) is 33.8 Å². The van der Waals surface area contributed by atoms with Crippen LogP contribution in [0.1, 0.15) is 0 Å². The second-order valence-electron chi connectivity index (χ2n) is 7.01. The second-order valence-corrected chi connectivity index (χ2v) is 8.38. The van der Waals surface area contributed by atoms with Crippen molar-refractivity contribution in [2.45, 2.75) is 5.51 Å². The maximum Gasteiger partial charge on any atom is 0.485 e. The zero-order chi connectivity index (χ0) is 25.6. The molecule has 0 amide bonds. The van der Waals surface area contributed by atoms with Crippen molar-refractivity contribution in [3.63, 3.8) is 0 Å². The summed E-state index contributed by atoms with van der Waals surface area (Å²) in [5, 5.41) is 10.9. The van der Waals surface area contributed by atoms with Crippen molar-refractivity contribution in [1.82, 2.24) is 0 Å². The number of alkyl halides is 3. The minimum absolute atomic E-state index is 0.0567. The number of nitro groups is 1. The van der Waals surface area contributed by atoms with Crippen LogP contribution in [0.4, 0.5) is 18.9 Å². The molecule has 0 N–H and O–H groups in total. The molecule has 1 heterocycles. The van der Waals surface area contributed by atoms with Gasteiger partial charge in [-0.05, 0) is 29.8 Å². The zero-order valence-corrected chi connectivity index (χ0v) is 18.5. The fourth-order valence-electron chi connectivity index (χ4n) is 2.93. The molecule has 0 atom stereocenters. The summed E-state index contributed by atoms with van der Waals surface area (Å²) in [6.45, 7) is 0. The van der Waals surface area contributed by atoms with Gasteiger partial charge in [0, 0.05) is 17.7 Å². The highest BCUT2D eigenvalue weighted by Crippen LogP contribution is 2.33. The molecule has 4 rings (SSSR count). The molecular weight excluding hydrogens is 487 g/mol. The van der Waals surface area contributed by atoms with Crippen LogP contribution in [-0.2, 0) is 10.1 Å². The minimum atomic E-state index is -6.09. The molecule has 7 nitrogen and oxygen atoms in total. The molecular formula is C24H16F3NO6S. The predicted molar refractivity (Wildman–Crippen MR) is 122 cm³/mol. The van der Waals surface area contributed by atoms with Gasteiger partial charge >= 0.3 is 17.0 Å². The summed E-state index contributed by atoms with van der Waals surface area (Å²) < 4.78 is 65.0. The number of nitrogens with zero attached hydrogens (tertiary/aromatic N) is 1. The number of non-ortho nitro benzene ring substituents is 1. The molecule has 0 aliphatic carbocycles. The third-order valence-electron chi connectivity index (χ3n) is 4.60. The van der Waals surface area contributed by atoms with Gasteiger partial charge in [-0.1, -0.05) is 48.5 Å². The van der Waals surface area contributed by atoms with E-state index in [0.29, 0.717) is 5.76 Å². The summed E-state index contributed by atoms with van der Waals surface area (Å²) in [4.78, 5) is 10.5. The van der Waals surface area contributed by atoms with E-state index in [1.807, 2.05) is 72.8 Å². The molecule has 0 aliphatic rings. The maximum atomic E-state index is 10.9. The highest BCUT2D eigenvalue weighted by atomic mass is 32.2. The summed E-state index contributed by atoms with van der Waals surface area (Å²) >= 11 is 0. The zero-order valence-electron chi connectivity index (χ0n) is 17.7. The molecule has 0 radical (unpaired) electrons. The average Bonchev–Trinajstić information content (AvgIpc) is 2.84. The molecule has 0 bridgehead atoms. The van der Waals surface area contributed by atoms with Crippen LogP contribution in [0.25, 0.3) is 33.8 Å². The summed E-state index contributed by atoms with van der Waals surface area (Å²) in [6.07, 6.45) is 0. The molecule has 0 spiro atoms. The van der Waals surface area contributed by atoms with Gasteiger partial charge < -0.3 is 4.55 Å². The van der Waals surface area contributed by atoms with Gasteiger partial charge in [0.25, 0.3) is 5.69 Å². The molecule has 0 saturated heterocycles. The van der Waals surface area contributed by atoms with E-state index in [1.54, 1.807) is 12.1 Å². The van der Waals surface area contributed by atoms with E-state index in [1.165, 1.54) is 12.1 Å². The number of benzene rings is 3. The van der Waals surface area contributed by atoms with Gasteiger partial charge in [0.2, 0.25) is 0 Å².